The second kappa shape index (κ2) is 2.43. The number of hydrogen-bond acceptors (Lipinski definition) is 3. The molecule has 0 unspecified atom stereocenters. The number of aliphatic carboxylic acids is 1. The lowest BCUT2D eigenvalue weighted by Gasteiger charge is -1.98. The van der Waals surface area contributed by atoms with Gasteiger partial charge in [-0.2, -0.15) is 0 Å². The Morgan fingerprint density at radius 1 is 1.60 bits per heavy atom. The number of nitrogens with zero attached hydrogens (tertiary/aromatic N) is 1. The van der Waals surface area contributed by atoms with Gasteiger partial charge in [0.2, 0.25) is 0 Å². The predicted molar refractivity (Wildman–Crippen MR) is 34.1 cm³/mol. The van der Waals surface area contributed by atoms with Crippen LogP contribution in [0.2, 0.25) is 0 Å². The highest BCUT2D eigenvalue weighted by Gasteiger charge is 2.09. The number of ketones is 1. The molecule has 4 nitrogen and oxygen atoms in total. The summed E-state index contributed by atoms with van der Waals surface area (Å²) in [6, 6.07) is 0. The van der Waals surface area contributed by atoms with Gasteiger partial charge in [0, 0.05) is 0 Å². The van der Waals surface area contributed by atoms with E-state index in [4.69, 9.17) is 5.11 Å². The number of carboxylic acids is 1. The lowest BCUT2D eigenvalue weighted by atomic mass is 10.2. The second-order valence-corrected chi connectivity index (χ2v) is 1.81. The van der Waals surface area contributed by atoms with Crippen molar-refractivity contribution >= 4 is 17.5 Å². The molecule has 0 saturated heterocycles. The van der Waals surface area contributed by atoms with Crippen molar-refractivity contribution in [3.63, 3.8) is 0 Å². The van der Waals surface area contributed by atoms with Crippen LogP contribution in [-0.2, 0) is 9.59 Å². The van der Waals surface area contributed by atoms with Gasteiger partial charge in [-0.05, 0) is 12.2 Å². The van der Waals surface area contributed by atoms with Gasteiger partial charge in [-0.1, -0.05) is 0 Å². The van der Waals surface area contributed by atoms with Crippen molar-refractivity contribution in [1.82, 2.24) is 0 Å². The van der Waals surface area contributed by atoms with Crippen molar-refractivity contribution in [2.45, 2.75) is 0 Å². The quantitative estimate of drug-likeness (QED) is 0.540. The van der Waals surface area contributed by atoms with Crippen LogP contribution in [0.15, 0.2) is 17.1 Å². The first-order valence-corrected chi connectivity index (χ1v) is 2.69. The summed E-state index contributed by atoms with van der Waals surface area (Å²) in [4.78, 5) is 24.1. The highest BCUT2D eigenvalue weighted by molar-refractivity contribution is 6.41. The summed E-state index contributed by atoms with van der Waals surface area (Å²) in [5.74, 6) is -1.26. The van der Waals surface area contributed by atoms with Gasteiger partial charge in [-0.15, -0.1) is 0 Å². The SMILES string of the molecule is O=C1C=CC(C(=O)O)=NC1. The molecule has 1 heterocycles. The van der Waals surface area contributed by atoms with E-state index in [1.54, 1.807) is 0 Å². The fraction of sp³-hybridized carbons (Fsp3) is 0.167. The van der Waals surface area contributed by atoms with Crippen molar-refractivity contribution < 1.29 is 14.7 Å². The van der Waals surface area contributed by atoms with Crippen LogP contribution in [0.4, 0.5) is 0 Å². The van der Waals surface area contributed by atoms with Gasteiger partial charge in [0.1, 0.15) is 12.3 Å². The number of carbonyl (C=O) groups is 2. The maximum absolute atomic E-state index is 10.4. The summed E-state index contributed by atoms with van der Waals surface area (Å²) in [5.41, 5.74) is -0.0559. The van der Waals surface area contributed by atoms with Crippen LogP contribution in [0.3, 0.4) is 0 Å². The molecule has 1 rings (SSSR count). The first-order valence-electron chi connectivity index (χ1n) is 2.69. The molecule has 4 heteroatoms. The lowest BCUT2D eigenvalue weighted by molar-refractivity contribution is -0.129. The molecular formula is C6H5NO3. The standard InChI is InChI=1S/C6H5NO3/c8-4-1-2-5(6(9)10)7-3-4/h1-2H,3H2,(H,9,10). The Bertz CT molecular complexity index is 239. The number of rotatable bonds is 1. The first-order chi connectivity index (χ1) is 4.70. The Kier molecular flexibility index (Phi) is 1.62. The van der Waals surface area contributed by atoms with Crippen molar-refractivity contribution in [3.05, 3.63) is 12.2 Å². The monoisotopic (exact) mass is 139 g/mol. The molecule has 0 atom stereocenters. The molecule has 0 spiro atoms. The van der Waals surface area contributed by atoms with E-state index in [0.29, 0.717) is 0 Å². The summed E-state index contributed by atoms with van der Waals surface area (Å²) in [6.07, 6.45) is 2.42. The minimum absolute atomic E-state index is 0.0435. The fourth-order valence-corrected chi connectivity index (χ4v) is 0.579. The highest BCUT2D eigenvalue weighted by atomic mass is 16.4. The highest BCUT2D eigenvalue weighted by Crippen LogP contribution is 1.92. The van der Waals surface area contributed by atoms with Gasteiger partial charge in [-0.3, -0.25) is 9.79 Å². The molecule has 0 saturated carbocycles. The van der Waals surface area contributed by atoms with Crippen molar-refractivity contribution in [3.8, 4) is 0 Å². The smallest absolute Gasteiger partial charge is 0.354 e. The van der Waals surface area contributed by atoms with Gasteiger partial charge in [0.15, 0.2) is 5.78 Å². The van der Waals surface area contributed by atoms with Crippen molar-refractivity contribution in [1.29, 1.82) is 0 Å². The molecule has 0 aromatic rings. The minimum atomic E-state index is -1.09. The van der Waals surface area contributed by atoms with E-state index in [9.17, 15) is 9.59 Å². The Morgan fingerprint density at radius 2 is 2.30 bits per heavy atom. The molecule has 0 aliphatic carbocycles. The molecule has 0 aromatic carbocycles. The topological polar surface area (TPSA) is 66.7 Å². The number of carboxylic acid groups (broad SMARTS) is 1. The van der Waals surface area contributed by atoms with Crippen molar-refractivity contribution in [2.75, 3.05) is 6.54 Å². The van der Waals surface area contributed by atoms with E-state index >= 15 is 0 Å². The second-order valence-electron chi connectivity index (χ2n) is 1.81. The van der Waals surface area contributed by atoms with E-state index in [1.807, 2.05) is 0 Å². The molecule has 52 valence electrons. The maximum Gasteiger partial charge on any atom is 0.354 e. The van der Waals surface area contributed by atoms with E-state index in [0.717, 1.165) is 0 Å². The van der Waals surface area contributed by atoms with E-state index in [-0.39, 0.29) is 18.0 Å². The van der Waals surface area contributed by atoms with Gasteiger partial charge >= 0.3 is 5.97 Å². The third-order valence-corrected chi connectivity index (χ3v) is 1.05. The van der Waals surface area contributed by atoms with Gasteiger partial charge in [-0.25, -0.2) is 4.79 Å². The Labute approximate surface area is 56.9 Å². The molecule has 0 amide bonds. The number of dihydropyridines is 1. The van der Waals surface area contributed by atoms with Crippen LogP contribution in [0, 0.1) is 0 Å². The normalized spacial score (nSPS) is 16.8. The van der Waals surface area contributed by atoms with Gasteiger partial charge < -0.3 is 5.11 Å². The summed E-state index contributed by atoms with van der Waals surface area (Å²) in [6.45, 7) is -0.0435. The summed E-state index contributed by atoms with van der Waals surface area (Å²) >= 11 is 0. The molecule has 1 aliphatic heterocycles. The lowest BCUT2D eigenvalue weighted by Crippen LogP contribution is -2.16. The molecule has 1 aliphatic rings. The van der Waals surface area contributed by atoms with E-state index in [2.05, 4.69) is 4.99 Å². The summed E-state index contributed by atoms with van der Waals surface area (Å²) < 4.78 is 0. The number of aliphatic imine (C=N–C) groups is 1. The summed E-state index contributed by atoms with van der Waals surface area (Å²) in [7, 11) is 0. The van der Waals surface area contributed by atoms with Crippen LogP contribution in [0.25, 0.3) is 0 Å². The van der Waals surface area contributed by atoms with Crippen LogP contribution in [-0.4, -0.2) is 29.1 Å². The van der Waals surface area contributed by atoms with E-state index in [1.165, 1.54) is 12.2 Å². The molecule has 0 aromatic heterocycles. The Balaban J connectivity index is 2.77. The average molecular weight is 139 g/mol. The van der Waals surface area contributed by atoms with E-state index < -0.39 is 5.97 Å². The number of carbonyl (C=O) groups excluding carboxylic acids is 1. The Hall–Kier alpha value is -1.45. The molecule has 10 heavy (non-hydrogen) atoms. The maximum atomic E-state index is 10.4. The Morgan fingerprint density at radius 3 is 2.70 bits per heavy atom. The van der Waals surface area contributed by atoms with Crippen LogP contribution < -0.4 is 0 Å². The molecule has 1 N–H and O–H groups in total. The van der Waals surface area contributed by atoms with Crippen LogP contribution in [0.5, 0.6) is 0 Å². The van der Waals surface area contributed by atoms with Gasteiger partial charge in [0.05, 0.1) is 0 Å². The largest absolute Gasteiger partial charge is 0.477 e. The molecular weight excluding hydrogens is 134 g/mol. The van der Waals surface area contributed by atoms with Crippen LogP contribution >= 0.6 is 0 Å². The zero-order valence-corrected chi connectivity index (χ0v) is 5.07. The van der Waals surface area contributed by atoms with Crippen LogP contribution in [0.1, 0.15) is 0 Å². The first kappa shape index (κ1) is 6.67. The fourth-order valence-electron chi connectivity index (χ4n) is 0.579. The zero-order chi connectivity index (χ0) is 7.56. The molecule has 0 radical (unpaired) electrons. The number of hydrogen-bond donors (Lipinski definition) is 1. The minimum Gasteiger partial charge on any atom is -0.477 e. The zero-order valence-electron chi connectivity index (χ0n) is 5.07. The predicted octanol–water partition coefficient (Wildman–Crippen LogP) is -0.349. The summed E-state index contributed by atoms with van der Waals surface area (Å²) in [5, 5.41) is 8.33. The third-order valence-electron chi connectivity index (χ3n) is 1.05. The third kappa shape index (κ3) is 1.28. The molecule has 0 bridgehead atoms. The van der Waals surface area contributed by atoms with Crippen molar-refractivity contribution in [2.24, 2.45) is 4.99 Å². The van der Waals surface area contributed by atoms with Gasteiger partial charge in [0.25, 0.3) is 0 Å². The average Bonchev–Trinajstić information content (AvgIpc) is 1.88. The molecule has 0 fully saturated rings.